The van der Waals surface area contributed by atoms with Crippen LogP contribution in [0.2, 0.25) is 0 Å². The van der Waals surface area contributed by atoms with E-state index in [2.05, 4.69) is 15.9 Å². The molecule has 5 heteroatoms. The predicted octanol–water partition coefficient (Wildman–Crippen LogP) is -0.767. The molecule has 0 unspecified atom stereocenters. The molecular formula is C10H8BrKO3. The van der Waals surface area contributed by atoms with Gasteiger partial charge < -0.3 is 6.53 Å². The van der Waals surface area contributed by atoms with Crippen LogP contribution in [-0.2, 0) is 9.59 Å². The molecule has 0 saturated heterocycles. The van der Waals surface area contributed by atoms with E-state index in [9.17, 15) is 9.59 Å². The summed E-state index contributed by atoms with van der Waals surface area (Å²) in [4.78, 5) is 20.9. The fraction of sp³-hybridized carbons (Fsp3) is 0. The molecule has 74 valence electrons. The van der Waals surface area contributed by atoms with Crippen molar-refractivity contribution in [2.75, 3.05) is 0 Å². The fourth-order valence-electron chi connectivity index (χ4n) is 0.853. The summed E-state index contributed by atoms with van der Waals surface area (Å²) in [6.07, 6.45) is 2.49. The van der Waals surface area contributed by atoms with Crippen LogP contribution in [0.3, 0.4) is 0 Å². The van der Waals surface area contributed by atoms with Crippen molar-refractivity contribution in [2.45, 2.75) is 0 Å². The summed E-state index contributed by atoms with van der Waals surface area (Å²) in [5, 5.41) is 8.30. The minimum absolute atomic E-state index is 0. The molecule has 1 rings (SSSR count). The van der Waals surface area contributed by atoms with E-state index in [-0.39, 0.29) is 52.8 Å². The molecule has 1 aromatic rings. The Hall–Kier alpha value is 0.216. The molecule has 1 aromatic carbocycles. The molecule has 0 spiro atoms. The van der Waals surface area contributed by atoms with E-state index < -0.39 is 11.8 Å². The predicted molar refractivity (Wildman–Crippen MR) is 56.9 cm³/mol. The van der Waals surface area contributed by atoms with Crippen molar-refractivity contribution in [3.05, 3.63) is 40.4 Å². The standard InChI is InChI=1S/C10H7BrO3.K.H/c11-8-3-1-2-7(6-8)4-5-9(12)10(13)14;;/h1-6H,(H,13,14);;/q;+1;-1/b5-4+;;. The first kappa shape index (κ1) is 15.2. The van der Waals surface area contributed by atoms with E-state index in [1.807, 2.05) is 6.07 Å². The summed E-state index contributed by atoms with van der Waals surface area (Å²) in [5.41, 5.74) is 0.772. The fourth-order valence-corrected chi connectivity index (χ4v) is 1.27. The summed E-state index contributed by atoms with van der Waals surface area (Å²) < 4.78 is 0.877. The number of carbonyl (C=O) groups is 2. The summed E-state index contributed by atoms with van der Waals surface area (Å²) >= 11 is 3.26. The smallest absolute Gasteiger partial charge is 1.00 e. The van der Waals surface area contributed by atoms with Crippen molar-refractivity contribution >= 4 is 33.8 Å². The van der Waals surface area contributed by atoms with E-state index >= 15 is 0 Å². The zero-order chi connectivity index (χ0) is 10.6. The Kier molecular flexibility index (Phi) is 7.59. The molecule has 0 aromatic heterocycles. The number of carboxylic acids is 1. The Morgan fingerprint density at radius 1 is 1.40 bits per heavy atom. The molecule has 0 radical (unpaired) electrons. The molecule has 0 heterocycles. The quantitative estimate of drug-likeness (QED) is 0.453. The van der Waals surface area contributed by atoms with Gasteiger partial charge in [0.2, 0.25) is 0 Å². The van der Waals surface area contributed by atoms with Crippen molar-refractivity contribution in [2.24, 2.45) is 0 Å². The van der Waals surface area contributed by atoms with Crippen LogP contribution in [0, 0.1) is 0 Å². The van der Waals surface area contributed by atoms with E-state index in [4.69, 9.17) is 5.11 Å². The third-order valence-corrected chi connectivity index (χ3v) is 1.98. The number of hydrogen-bond acceptors (Lipinski definition) is 2. The van der Waals surface area contributed by atoms with Gasteiger partial charge in [-0.25, -0.2) is 4.79 Å². The first-order chi connectivity index (χ1) is 6.59. The molecule has 1 N–H and O–H groups in total. The Morgan fingerprint density at radius 2 is 2.07 bits per heavy atom. The van der Waals surface area contributed by atoms with Crippen LogP contribution in [0.1, 0.15) is 6.99 Å². The normalized spacial score (nSPS) is 9.67. The van der Waals surface area contributed by atoms with Crippen molar-refractivity contribution in [3.63, 3.8) is 0 Å². The van der Waals surface area contributed by atoms with Crippen LogP contribution in [0.25, 0.3) is 6.08 Å². The Labute approximate surface area is 140 Å². The van der Waals surface area contributed by atoms with Gasteiger partial charge in [-0.1, -0.05) is 34.1 Å². The van der Waals surface area contributed by atoms with E-state index in [0.717, 1.165) is 16.1 Å². The first-order valence-electron chi connectivity index (χ1n) is 3.80. The number of carbonyl (C=O) groups excluding carboxylic acids is 1. The topological polar surface area (TPSA) is 54.4 Å². The number of aliphatic carboxylic acids is 1. The third-order valence-electron chi connectivity index (χ3n) is 1.49. The summed E-state index contributed by atoms with van der Waals surface area (Å²) in [6.45, 7) is 0. The second-order valence-electron chi connectivity index (χ2n) is 2.56. The molecule has 0 aliphatic rings. The Bertz CT molecular complexity index is 407. The Balaban J connectivity index is 0. The van der Waals surface area contributed by atoms with E-state index in [1.54, 1.807) is 18.2 Å². The minimum atomic E-state index is -1.45. The average Bonchev–Trinajstić information content (AvgIpc) is 2.14. The van der Waals surface area contributed by atoms with Crippen molar-refractivity contribution in [1.82, 2.24) is 0 Å². The zero-order valence-electron chi connectivity index (χ0n) is 9.11. The molecule has 0 bridgehead atoms. The second-order valence-corrected chi connectivity index (χ2v) is 3.47. The molecule has 0 amide bonds. The third kappa shape index (κ3) is 5.75. The maximum absolute atomic E-state index is 10.7. The number of halogens is 1. The van der Waals surface area contributed by atoms with Gasteiger partial charge in [0, 0.05) is 4.47 Å². The molecule has 0 aliphatic carbocycles. The molecule has 0 atom stereocenters. The van der Waals surface area contributed by atoms with E-state index in [1.165, 1.54) is 6.08 Å². The summed E-state index contributed by atoms with van der Waals surface area (Å²) in [6, 6.07) is 7.20. The molecule has 15 heavy (non-hydrogen) atoms. The van der Waals surface area contributed by atoms with Gasteiger partial charge in [0.1, 0.15) is 0 Å². The van der Waals surface area contributed by atoms with Gasteiger partial charge in [0.15, 0.2) is 0 Å². The number of ketones is 1. The van der Waals surface area contributed by atoms with Gasteiger partial charge in [-0.15, -0.1) is 0 Å². The second kappa shape index (κ2) is 7.48. The molecule has 3 nitrogen and oxygen atoms in total. The maximum Gasteiger partial charge on any atom is 1.00 e. The van der Waals surface area contributed by atoms with Crippen molar-refractivity contribution in [3.8, 4) is 0 Å². The number of rotatable bonds is 3. The van der Waals surface area contributed by atoms with Crippen LogP contribution in [0.5, 0.6) is 0 Å². The molecular weight excluding hydrogens is 287 g/mol. The van der Waals surface area contributed by atoms with Gasteiger partial charge in [-0.3, -0.25) is 4.79 Å². The minimum Gasteiger partial charge on any atom is -1.00 e. The summed E-state index contributed by atoms with van der Waals surface area (Å²) in [5.74, 6) is -2.37. The van der Waals surface area contributed by atoms with Crippen LogP contribution in [0.4, 0.5) is 0 Å². The van der Waals surface area contributed by atoms with E-state index in [0.29, 0.717) is 0 Å². The maximum atomic E-state index is 10.7. The van der Waals surface area contributed by atoms with Crippen LogP contribution >= 0.6 is 15.9 Å². The number of carboxylic acid groups (broad SMARTS) is 1. The monoisotopic (exact) mass is 294 g/mol. The number of benzene rings is 1. The van der Waals surface area contributed by atoms with Crippen LogP contribution < -0.4 is 51.4 Å². The SMILES string of the molecule is O=C(O)C(=O)/C=C/c1cccc(Br)c1.[H-].[K+]. The molecule has 0 saturated carbocycles. The van der Waals surface area contributed by atoms with Gasteiger partial charge in [0.05, 0.1) is 0 Å². The van der Waals surface area contributed by atoms with Gasteiger partial charge in [-0.05, 0) is 23.8 Å². The van der Waals surface area contributed by atoms with Crippen LogP contribution in [-0.4, -0.2) is 16.9 Å². The van der Waals surface area contributed by atoms with Crippen molar-refractivity contribution < 1.29 is 67.5 Å². The van der Waals surface area contributed by atoms with Gasteiger partial charge in [0.25, 0.3) is 5.78 Å². The number of hydrogen-bond donors (Lipinski definition) is 1. The van der Waals surface area contributed by atoms with Crippen LogP contribution in [0.15, 0.2) is 34.8 Å². The molecule has 0 aliphatic heterocycles. The van der Waals surface area contributed by atoms with Gasteiger partial charge in [-0.2, -0.15) is 0 Å². The summed E-state index contributed by atoms with van der Waals surface area (Å²) in [7, 11) is 0. The zero-order valence-corrected chi connectivity index (χ0v) is 12.8. The molecule has 0 fully saturated rings. The first-order valence-corrected chi connectivity index (χ1v) is 4.60. The van der Waals surface area contributed by atoms with Gasteiger partial charge >= 0.3 is 57.4 Å². The Morgan fingerprint density at radius 3 is 2.60 bits per heavy atom. The largest absolute Gasteiger partial charge is 1.00 e. The van der Waals surface area contributed by atoms with Crippen molar-refractivity contribution in [1.29, 1.82) is 0 Å². The average molecular weight is 295 g/mol.